The first-order valence-corrected chi connectivity index (χ1v) is 7.52. The molecule has 1 fully saturated rings. The number of halogens is 1. The van der Waals surface area contributed by atoms with Crippen LogP contribution in [0.25, 0.3) is 0 Å². The van der Waals surface area contributed by atoms with Crippen molar-refractivity contribution in [2.75, 3.05) is 38.0 Å². The van der Waals surface area contributed by atoms with Crippen molar-refractivity contribution >= 4 is 27.5 Å². The standard InChI is InChI=1S/C14H20BrN3O/c15-12-3-5-13(6-4-12)17-14(19)11-16-7-10-18-8-1-2-9-18/h3-6,16H,1-2,7-11H2,(H,17,19). The normalized spacial score (nSPS) is 15.6. The van der Waals surface area contributed by atoms with E-state index in [9.17, 15) is 4.79 Å². The number of likely N-dealkylation sites (tertiary alicyclic amines) is 1. The molecule has 1 amide bonds. The third-order valence-corrected chi connectivity index (χ3v) is 3.75. The van der Waals surface area contributed by atoms with Crippen LogP contribution in [-0.2, 0) is 4.79 Å². The summed E-state index contributed by atoms with van der Waals surface area (Å²) in [5, 5.41) is 6.04. The summed E-state index contributed by atoms with van der Waals surface area (Å²) in [5.41, 5.74) is 0.828. The molecular formula is C14H20BrN3O. The molecule has 104 valence electrons. The smallest absolute Gasteiger partial charge is 0.238 e. The maximum absolute atomic E-state index is 11.7. The summed E-state index contributed by atoms with van der Waals surface area (Å²) in [6.45, 7) is 4.67. The minimum Gasteiger partial charge on any atom is -0.325 e. The van der Waals surface area contributed by atoms with Gasteiger partial charge in [0.05, 0.1) is 6.54 Å². The van der Waals surface area contributed by atoms with Crippen molar-refractivity contribution in [3.05, 3.63) is 28.7 Å². The molecule has 4 nitrogen and oxygen atoms in total. The predicted octanol–water partition coefficient (Wildman–Crippen LogP) is 2.07. The number of amides is 1. The molecule has 1 heterocycles. The molecule has 0 spiro atoms. The minimum absolute atomic E-state index is 0.00347. The predicted molar refractivity (Wildman–Crippen MR) is 81.3 cm³/mol. The molecular weight excluding hydrogens is 306 g/mol. The molecule has 5 heteroatoms. The first-order chi connectivity index (χ1) is 9.24. The van der Waals surface area contributed by atoms with Gasteiger partial charge in [0.25, 0.3) is 0 Å². The lowest BCUT2D eigenvalue weighted by Gasteiger charge is -2.14. The lowest BCUT2D eigenvalue weighted by atomic mass is 10.3. The van der Waals surface area contributed by atoms with E-state index in [0.717, 1.165) is 23.2 Å². The van der Waals surface area contributed by atoms with E-state index < -0.39 is 0 Å². The van der Waals surface area contributed by atoms with Crippen molar-refractivity contribution < 1.29 is 4.79 Å². The van der Waals surface area contributed by atoms with Crippen LogP contribution in [0, 0.1) is 0 Å². The Kier molecular flexibility index (Phi) is 5.82. The van der Waals surface area contributed by atoms with Gasteiger partial charge in [-0.05, 0) is 50.2 Å². The van der Waals surface area contributed by atoms with E-state index in [1.165, 1.54) is 25.9 Å². The number of hydrogen-bond donors (Lipinski definition) is 2. The maximum atomic E-state index is 11.7. The topological polar surface area (TPSA) is 44.4 Å². The number of rotatable bonds is 6. The lowest BCUT2D eigenvalue weighted by Crippen LogP contribution is -2.34. The fourth-order valence-electron chi connectivity index (χ4n) is 2.18. The Hall–Kier alpha value is -0.910. The molecule has 0 aromatic heterocycles. The van der Waals surface area contributed by atoms with Gasteiger partial charge >= 0.3 is 0 Å². The van der Waals surface area contributed by atoms with Crippen molar-refractivity contribution in [2.45, 2.75) is 12.8 Å². The lowest BCUT2D eigenvalue weighted by molar-refractivity contribution is -0.115. The average Bonchev–Trinajstić information content (AvgIpc) is 2.91. The number of carbonyl (C=O) groups excluding carboxylic acids is 1. The number of nitrogens with one attached hydrogen (secondary N) is 2. The first-order valence-electron chi connectivity index (χ1n) is 6.72. The third-order valence-electron chi connectivity index (χ3n) is 3.22. The Morgan fingerprint density at radius 3 is 2.58 bits per heavy atom. The van der Waals surface area contributed by atoms with Crippen molar-refractivity contribution in [3.63, 3.8) is 0 Å². The summed E-state index contributed by atoms with van der Waals surface area (Å²) in [6.07, 6.45) is 2.62. The van der Waals surface area contributed by atoms with E-state index in [2.05, 4.69) is 31.5 Å². The highest BCUT2D eigenvalue weighted by molar-refractivity contribution is 9.10. The number of anilines is 1. The van der Waals surface area contributed by atoms with Crippen molar-refractivity contribution in [2.24, 2.45) is 0 Å². The summed E-state index contributed by atoms with van der Waals surface area (Å²) in [6, 6.07) is 7.59. The Labute approximate surface area is 122 Å². The molecule has 0 saturated carbocycles. The van der Waals surface area contributed by atoms with Gasteiger partial charge in [0, 0.05) is 23.2 Å². The molecule has 1 saturated heterocycles. The zero-order chi connectivity index (χ0) is 13.5. The molecule has 1 aromatic rings. The van der Waals surface area contributed by atoms with Gasteiger partial charge in [-0.25, -0.2) is 0 Å². The molecule has 0 aliphatic carbocycles. The van der Waals surface area contributed by atoms with Gasteiger partial charge < -0.3 is 15.5 Å². The second-order valence-electron chi connectivity index (χ2n) is 4.78. The van der Waals surface area contributed by atoms with Gasteiger partial charge in [-0.3, -0.25) is 4.79 Å². The van der Waals surface area contributed by atoms with Crippen LogP contribution in [0.1, 0.15) is 12.8 Å². The van der Waals surface area contributed by atoms with Gasteiger partial charge in [-0.1, -0.05) is 15.9 Å². The van der Waals surface area contributed by atoms with E-state index in [0.29, 0.717) is 6.54 Å². The molecule has 19 heavy (non-hydrogen) atoms. The van der Waals surface area contributed by atoms with Crippen LogP contribution < -0.4 is 10.6 Å². The van der Waals surface area contributed by atoms with E-state index in [1.54, 1.807) is 0 Å². The van der Waals surface area contributed by atoms with Crippen LogP contribution in [0.4, 0.5) is 5.69 Å². The summed E-state index contributed by atoms with van der Waals surface area (Å²) in [7, 11) is 0. The van der Waals surface area contributed by atoms with Gasteiger partial charge in [0.15, 0.2) is 0 Å². The summed E-state index contributed by atoms with van der Waals surface area (Å²) >= 11 is 3.37. The van der Waals surface area contributed by atoms with Crippen LogP contribution in [0.5, 0.6) is 0 Å². The minimum atomic E-state index is 0.00347. The Morgan fingerprint density at radius 1 is 1.21 bits per heavy atom. The third kappa shape index (κ3) is 5.30. The average molecular weight is 326 g/mol. The summed E-state index contributed by atoms with van der Waals surface area (Å²) in [5.74, 6) is 0.00347. The Balaban J connectivity index is 1.60. The number of benzene rings is 1. The second-order valence-corrected chi connectivity index (χ2v) is 5.70. The molecule has 2 N–H and O–H groups in total. The monoisotopic (exact) mass is 325 g/mol. The maximum Gasteiger partial charge on any atom is 0.238 e. The van der Waals surface area contributed by atoms with Gasteiger partial charge in [-0.15, -0.1) is 0 Å². The van der Waals surface area contributed by atoms with Crippen LogP contribution in [0.2, 0.25) is 0 Å². The van der Waals surface area contributed by atoms with E-state index in [4.69, 9.17) is 0 Å². The van der Waals surface area contributed by atoms with Gasteiger partial charge in [0.2, 0.25) is 5.91 Å². The largest absolute Gasteiger partial charge is 0.325 e. The highest BCUT2D eigenvalue weighted by atomic mass is 79.9. The molecule has 1 aromatic carbocycles. The number of hydrogen-bond acceptors (Lipinski definition) is 3. The van der Waals surface area contributed by atoms with Crippen LogP contribution in [0.15, 0.2) is 28.7 Å². The zero-order valence-electron chi connectivity index (χ0n) is 11.0. The fourth-order valence-corrected chi connectivity index (χ4v) is 2.45. The fraction of sp³-hybridized carbons (Fsp3) is 0.500. The highest BCUT2D eigenvalue weighted by Gasteiger charge is 2.10. The van der Waals surface area contributed by atoms with Crippen molar-refractivity contribution in [1.29, 1.82) is 0 Å². The zero-order valence-corrected chi connectivity index (χ0v) is 12.6. The van der Waals surface area contributed by atoms with Crippen LogP contribution in [-0.4, -0.2) is 43.5 Å². The molecule has 0 unspecified atom stereocenters. The van der Waals surface area contributed by atoms with Gasteiger partial charge in [-0.2, -0.15) is 0 Å². The van der Waals surface area contributed by atoms with Crippen molar-refractivity contribution in [3.8, 4) is 0 Å². The van der Waals surface area contributed by atoms with E-state index >= 15 is 0 Å². The molecule has 0 bridgehead atoms. The number of nitrogens with zero attached hydrogens (tertiary/aromatic N) is 1. The quantitative estimate of drug-likeness (QED) is 0.787. The number of carbonyl (C=O) groups is 1. The summed E-state index contributed by atoms with van der Waals surface area (Å²) < 4.78 is 1.01. The van der Waals surface area contributed by atoms with Crippen molar-refractivity contribution in [1.82, 2.24) is 10.2 Å². The Morgan fingerprint density at radius 2 is 1.89 bits per heavy atom. The summed E-state index contributed by atoms with van der Waals surface area (Å²) in [4.78, 5) is 14.1. The van der Waals surface area contributed by atoms with Crippen LogP contribution >= 0.6 is 15.9 Å². The SMILES string of the molecule is O=C(CNCCN1CCCC1)Nc1ccc(Br)cc1. The van der Waals surface area contributed by atoms with Gasteiger partial charge in [0.1, 0.15) is 0 Å². The highest BCUT2D eigenvalue weighted by Crippen LogP contribution is 2.13. The second kappa shape index (κ2) is 7.62. The molecule has 0 radical (unpaired) electrons. The molecule has 1 aliphatic heterocycles. The molecule has 2 rings (SSSR count). The van der Waals surface area contributed by atoms with Crippen LogP contribution in [0.3, 0.4) is 0 Å². The molecule has 0 atom stereocenters. The Bertz CT molecular complexity index is 402. The van der Waals surface area contributed by atoms with E-state index in [-0.39, 0.29) is 5.91 Å². The first kappa shape index (κ1) is 14.5. The van der Waals surface area contributed by atoms with E-state index in [1.807, 2.05) is 24.3 Å². The molecule has 1 aliphatic rings.